The Balaban J connectivity index is 1.75. The number of hydrogen-bond acceptors (Lipinski definition) is 6. The lowest BCUT2D eigenvalue weighted by Gasteiger charge is -2.12. The van der Waals surface area contributed by atoms with Gasteiger partial charge in [-0.15, -0.1) is 0 Å². The van der Waals surface area contributed by atoms with Crippen molar-refractivity contribution >= 4 is 33.4 Å². The van der Waals surface area contributed by atoms with Crippen molar-refractivity contribution in [2.75, 3.05) is 6.54 Å². The van der Waals surface area contributed by atoms with E-state index in [-0.39, 0.29) is 17.6 Å². The van der Waals surface area contributed by atoms with Crippen molar-refractivity contribution in [2.45, 2.75) is 18.9 Å². The molecule has 20 heavy (non-hydrogen) atoms. The Kier molecular flexibility index (Phi) is 3.45. The molecule has 7 heteroatoms. The van der Waals surface area contributed by atoms with Crippen LogP contribution in [-0.4, -0.2) is 34.2 Å². The Labute approximate surface area is 119 Å². The van der Waals surface area contributed by atoms with Crippen molar-refractivity contribution in [3.8, 4) is 0 Å². The van der Waals surface area contributed by atoms with Gasteiger partial charge in [0.05, 0.1) is 6.04 Å². The van der Waals surface area contributed by atoms with E-state index in [0.717, 1.165) is 11.3 Å². The number of aromatic nitrogens is 2. The molecule has 1 saturated heterocycles. The molecule has 2 aromatic heterocycles. The Morgan fingerprint density at radius 3 is 3.15 bits per heavy atom. The van der Waals surface area contributed by atoms with Crippen molar-refractivity contribution in [1.29, 1.82) is 0 Å². The van der Waals surface area contributed by atoms with Gasteiger partial charge in [-0.25, -0.2) is 9.97 Å². The van der Waals surface area contributed by atoms with Gasteiger partial charge < -0.3 is 11.1 Å². The molecule has 0 aliphatic carbocycles. The Morgan fingerprint density at radius 1 is 1.60 bits per heavy atom. The van der Waals surface area contributed by atoms with E-state index in [2.05, 4.69) is 15.3 Å². The van der Waals surface area contributed by atoms with Gasteiger partial charge in [-0.2, -0.15) is 0 Å². The van der Waals surface area contributed by atoms with Crippen LogP contribution in [0.1, 0.15) is 22.6 Å². The van der Waals surface area contributed by atoms with E-state index in [9.17, 15) is 9.59 Å². The fourth-order valence-corrected chi connectivity index (χ4v) is 3.23. The molecule has 0 unspecified atom stereocenters. The predicted octanol–water partition coefficient (Wildman–Crippen LogP) is 0.727. The average Bonchev–Trinajstić information content (AvgIpc) is 3.04. The van der Waals surface area contributed by atoms with Gasteiger partial charge in [0.25, 0.3) is 0 Å². The van der Waals surface area contributed by atoms with Gasteiger partial charge in [0.1, 0.15) is 10.3 Å². The van der Waals surface area contributed by atoms with Gasteiger partial charge in [-0.05, 0) is 25.0 Å². The maximum absolute atomic E-state index is 12.3. The van der Waals surface area contributed by atoms with Crippen LogP contribution in [0.4, 0.5) is 0 Å². The van der Waals surface area contributed by atoms with E-state index in [1.54, 1.807) is 12.3 Å². The summed E-state index contributed by atoms with van der Waals surface area (Å²) in [7, 11) is 0. The number of Topliss-reactive ketones (excluding diaryl/α,β-unsaturated/α-hetero) is 1. The van der Waals surface area contributed by atoms with Gasteiger partial charge >= 0.3 is 0 Å². The molecule has 0 aromatic carbocycles. The molecule has 3 rings (SSSR count). The zero-order valence-electron chi connectivity index (χ0n) is 10.7. The fraction of sp³-hybridized carbons (Fsp3) is 0.385. The monoisotopic (exact) mass is 290 g/mol. The molecule has 1 amide bonds. The third-order valence-electron chi connectivity index (χ3n) is 3.42. The minimum atomic E-state index is -0.690. The second-order valence-electron chi connectivity index (χ2n) is 4.83. The van der Waals surface area contributed by atoms with Crippen LogP contribution in [0.3, 0.4) is 0 Å². The third kappa shape index (κ3) is 2.41. The van der Waals surface area contributed by atoms with Crippen LogP contribution < -0.4 is 11.1 Å². The number of fused-ring (bicyclic) bond motifs is 1. The smallest absolute Gasteiger partial charge is 0.223 e. The molecule has 3 heterocycles. The number of rotatable bonds is 4. The van der Waals surface area contributed by atoms with Gasteiger partial charge in [0.2, 0.25) is 11.7 Å². The summed E-state index contributed by atoms with van der Waals surface area (Å²) in [5, 5.41) is 3.11. The molecule has 2 atom stereocenters. The summed E-state index contributed by atoms with van der Waals surface area (Å²) >= 11 is 1.24. The molecule has 0 spiro atoms. The van der Waals surface area contributed by atoms with E-state index in [0.29, 0.717) is 23.5 Å². The highest BCUT2D eigenvalue weighted by molar-refractivity contribution is 7.19. The molecule has 1 aliphatic rings. The molecular weight excluding hydrogens is 276 g/mol. The van der Waals surface area contributed by atoms with E-state index >= 15 is 0 Å². The number of amides is 1. The number of thiazole rings is 1. The number of nitrogens with zero attached hydrogens (tertiary/aromatic N) is 2. The minimum Gasteiger partial charge on any atom is -0.356 e. The van der Waals surface area contributed by atoms with E-state index in [1.165, 1.54) is 11.3 Å². The maximum Gasteiger partial charge on any atom is 0.223 e. The Bertz CT molecular complexity index is 636. The first-order valence-corrected chi connectivity index (χ1v) is 7.26. The first-order valence-electron chi connectivity index (χ1n) is 6.44. The van der Waals surface area contributed by atoms with Crippen LogP contribution in [0.25, 0.3) is 10.3 Å². The third-order valence-corrected chi connectivity index (χ3v) is 4.41. The highest BCUT2D eigenvalue weighted by Gasteiger charge is 2.29. The van der Waals surface area contributed by atoms with Gasteiger partial charge in [-0.3, -0.25) is 9.59 Å². The summed E-state index contributed by atoms with van der Waals surface area (Å²) in [6, 6.07) is 2.90. The highest BCUT2D eigenvalue weighted by atomic mass is 32.1. The molecule has 6 nitrogen and oxygen atoms in total. The van der Waals surface area contributed by atoms with E-state index in [1.807, 2.05) is 6.07 Å². The minimum absolute atomic E-state index is 0.0146. The zero-order valence-corrected chi connectivity index (χ0v) is 11.5. The number of carbonyl (C=O) groups excluding carboxylic acids is 2. The van der Waals surface area contributed by atoms with Crippen LogP contribution in [0.2, 0.25) is 0 Å². The second kappa shape index (κ2) is 5.26. The predicted molar refractivity (Wildman–Crippen MR) is 75.5 cm³/mol. The van der Waals surface area contributed by atoms with Crippen LogP contribution in [-0.2, 0) is 4.79 Å². The average molecular weight is 290 g/mol. The lowest BCUT2D eigenvalue weighted by molar-refractivity contribution is -0.122. The van der Waals surface area contributed by atoms with Crippen LogP contribution in [0.15, 0.2) is 18.3 Å². The zero-order chi connectivity index (χ0) is 14.1. The van der Waals surface area contributed by atoms with Gasteiger partial charge in [0, 0.05) is 18.7 Å². The summed E-state index contributed by atoms with van der Waals surface area (Å²) in [4.78, 5) is 32.9. The molecule has 2 aromatic rings. The molecule has 1 fully saturated rings. The quantitative estimate of drug-likeness (QED) is 0.809. The second-order valence-corrected chi connectivity index (χ2v) is 5.81. The summed E-state index contributed by atoms with van der Waals surface area (Å²) in [6.45, 7) is 0.662. The Morgan fingerprint density at radius 2 is 2.45 bits per heavy atom. The Hall–Kier alpha value is -1.86. The largest absolute Gasteiger partial charge is 0.356 e. The fourth-order valence-electron chi connectivity index (χ4n) is 2.32. The summed E-state index contributed by atoms with van der Waals surface area (Å²) in [6.07, 6.45) is 2.77. The highest BCUT2D eigenvalue weighted by Crippen LogP contribution is 2.22. The molecule has 3 N–H and O–H groups in total. The summed E-state index contributed by atoms with van der Waals surface area (Å²) in [5.41, 5.74) is 6.63. The van der Waals surface area contributed by atoms with Crippen molar-refractivity contribution in [3.63, 3.8) is 0 Å². The lowest BCUT2D eigenvalue weighted by Crippen LogP contribution is -2.34. The molecule has 0 radical (unpaired) electrons. The van der Waals surface area contributed by atoms with Crippen molar-refractivity contribution in [1.82, 2.24) is 15.3 Å². The number of nitrogens with one attached hydrogen (secondary N) is 1. The van der Waals surface area contributed by atoms with Crippen LogP contribution in [0.5, 0.6) is 0 Å². The maximum atomic E-state index is 12.3. The van der Waals surface area contributed by atoms with E-state index in [4.69, 9.17) is 5.73 Å². The number of pyridine rings is 1. The molecule has 104 valence electrons. The van der Waals surface area contributed by atoms with Crippen molar-refractivity contribution in [2.24, 2.45) is 11.7 Å². The number of nitrogens with two attached hydrogens (primary N) is 1. The summed E-state index contributed by atoms with van der Waals surface area (Å²) in [5.74, 6) is -0.395. The number of ketones is 1. The number of hydrogen-bond donors (Lipinski definition) is 2. The SMILES string of the molecule is N[C@@H](C[C@@H]1CCNC1=O)C(=O)c1nc2cccnc2s1. The lowest BCUT2D eigenvalue weighted by atomic mass is 9.97. The molecule has 1 aliphatic heterocycles. The van der Waals surface area contributed by atoms with Crippen molar-refractivity contribution < 1.29 is 9.59 Å². The number of carbonyl (C=O) groups is 2. The standard InChI is InChI=1S/C13H14N4O2S/c14-8(6-7-3-5-15-11(7)19)10(18)13-17-9-2-1-4-16-12(9)20-13/h1-2,4,7-8H,3,5-6,14H2,(H,15,19)/t7-,8-/m0/s1. The summed E-state index contributed by atoms with van der Waals surface area (Å²) < 4.78 is 0. The van der Waals surface area contributed by atoms with E-state index < -0.39 is 6.04 Å². The topological polar surface area (TPSA) is 98.0 Å². The first kappa shape index (κ1) is 13.1. The van der Waals surface area contributed by atoms with Crippen LogP contribution >= 0.6 is 11.3 Å². The van der Waals surface area contributed by atoms with Crippen molar-refractivity contribution in [3.05, 3.63) is 23.3 Å². The van der Waals surface area contributed by atoms with Crippen LogP contribution in [0, 0.1) is 5.92 Å². The van der Waals surface area contributed by atoms with Gasteiger partial charge in [-0.1, -0.05) is 11.3 Å². The van der Waals surface area contributed by atoms with Gasteiger partial charge in [0.15, 0.2) is 5.01 Å². The molecule has 0 saturated carbocycles. The first-order chi connectivity index (χ1) is 9.65. The molecule has 0 bridgehead atoms. The molecular formula is C13H14N4O2S. The normalized spacial score (nSPS) is 20.1.